The van der Waals surface area contributed by atoms with Crippen LogP contribution in [0.3, 0.4) is 0 Å². The standard InChI is InChI=1S/C26H39N5O3/c1-4-6-8-16-30(23-24(27)31(15-7-5-2)26(34)28-25(23)33)22(32)18-29(21-13-14-21)17-20-11-9-19(3)10-12-20/h9-12,21H,4-8,13-18,27H2,1-3H3,(H,28,33,34). The number of hydrogen-bond acceptors (Lipinski definition) is 5. The third-order valence-corrected chi connectivity index (χ3v) is 6.41. The van der Waals surface area contributed by atoms with E-state index in [0.29, 0.717) is 25.7 Å². The van der Waals surface area contributed by atoms with Gasteiger partial charge in [0.05, 0.1) is 6.54 Å². The first-order valence-electron chi connectivity index (χ1n) is 12.6. The number of nitrogens with zero attached hydrogens (tertiary/aromatic N) is 3. The molecule has 1 heterocycles. The summed E-state index contributed by atoms with van der Waals surface area (Å²) in [7, 11) is 0. The number of unbranched alkanes of at least 4 members (excludes halogenated alkanes) is 3. The molecule has 1 aliphatic rings. The van der Waals surface area contributed by atoms with Gasteiger partial charge in [-0.05, 0) is 38.2 Å². The fourth-order valence-electron chi connectivity index (χ4n) is 4.20. The lowest BCUT2D eigenvalue weighted by atomic mass is 10.1. The van der Waals surface area contributed by atoms with Gasteiger partial charge in [0.2, 0.25) is 5.91 Å². The molecule has 8 nitrogen and oxygen atoms in total. The van der Waals surface area contributed by atoms with Crippen molar-refractivity contribution < 1.29 is 4.79 Å². The number of nitrogen functional groups attached to an aromatic ring is 1. The van der Waals surface area contributed by atoms with E-state index in [0.717, 1.165) is 50.5 Å². The van der Waals surface area contributed by atoms with Gasteiger partial charge in [0.15, 0.2) is 5.69 Å². The number of aromatic amines is 1. The lowest BCUT2D eigenvalue weighted by molar-refractivity contribution is -0.120. The third kappa shape index (κ3) is 6.59. The third-order valence-electron chi connectivity index (χ3n) is 6.41. The second kappa shape index (κ2) is 12.0. The van der Waals surface area contributed by atoms with Gasteiger partial charge in [-0.3, -0.25) is 24.0 Å². The van der Waals surface area contributed by atoms with Gasteiger partial charge in [-0.25, -0.2) is 4.79 Å². The van der Waals surface area contributed by atoms with Crippen LogP contribution in [0.25, 0.3) is 0 Å². The average Bonchev–Trinajstić information content (AvgIpc) is 3.64. The molecule has 0 radical (unpaired) electrons. The van der Waals surface area contributed by atoms with Crippen LogP contribution in [-0.4, -0.2) is 39.5 Å². The minimum Gasteiger partial charge on any atom is -0.383 e. The largest absolute Gasteiger partial charge is 0.383 e. The fraction of sp³-hybridized carbons (Fsp3) is 0.577. The quantitative estimate of drug-likeness (QED) is 0.438. The second-order valence-corrected chi connectivity index (χ2v) is 9.37. The van der Waals surface area contributed by atoms with Crippen molar-refractivity contribution in [3.8, 4) is 0 Å². The minimum atomic E-state index is -0.600. The summed E-state index contributed by atoms with van der Waals surface area (Å²) in [6, 6.07) is 8.73. The molecule has 1 amide bonds. The molecular weight excluding hydrogens is 430 g/mol. The molecule has 0 bridgehead atoms. The summed E-state index contributed by atoms with van der Waals surface area (Å²) >= 11 is 0. The van der Waals surface area contributed by atoms with E-state index >= 15 is 0 Å². The zero-order chi connectivity index (χ0) is 24.7. The molecule has 0 unspecified atom stereocenters. The lowest BCUT2D eigenvalue weighted by Gasteiger charge is -2.28. The van der Waals surface area contributed by atoms with Gasteiger partial charge in [-0.2, -0.15) is 0 Å². The van der Waals surface area contributed by atoms with Gasteiger partial charge < -0.3 is 10.6 Å². The topological polar surface area (TPSA) is 104 Å². The molecule has 2 aromatic rings. The summed E-state index contributed by atoms with van der Waals surface area (Å²) in [5.41, 5.74) is 7.68. The number of nitrogens with one attached hydrogen (secondary N) is 1. The van der Waals surface area contributed by atoms with Crippen LogP contribution in [0.2, 0.25) is 0 Å². The van der Waals surface area contributed by atoms with E-state index in [1.165, 1.54) is 15.0 Å². The van der Waals surface area contributed by atoms with Gasteiger partial charge in [0.25, 0.3) is 5.56 Å². The number of rotatable bonds is 13. The van der Waals surface area contributed by atoms with Crippen molar-refractivity contribution in [3.63, 3.8) is 0 Å². The van der Waals surface area contributed by atoms with Gasteiger partial charge in [-0.15, -0.1) is 0 Å². The first-order chi connectivity index (χ1) is 16.3. The van der Waals surface area contributed by atoms with Crippen LogP contribution in [0, 0.1) is 6.92 Å². The number of amides is 1. The van der Waals surface area contributed by atoms with E-state index < -0.39 is 11.2 Å². The summed E-state index contributed by atoms with van der Waals surface area (Å²) in [6.07, 6.45) is 6.47. The number of nitrogens with two attached hydrogens (primary N) is 1. The maximum Gasteiger partial charge on any atom is 0.330 e. The Balaban J connectivity index is 1.89. The molecule has 3 N–H and O–H groups in total. The van der Waals surface area contributed by atoms with Crippen LogP contribution in [0.1, 0.15) is 69.9 Å². The molecular formula is C26H39N5O3. The van der Waals surface area contributed by atoms with Gasteiger partial charge in [-0.1, -0.05) is 62.9 Å². The number of H-pyrrole nitrogens is 1. The molecule has 8 heteroatoms. The zero-order valence-corrected chi connectivity index (χ0v) is 20.8. The van der Waals surface area contributed by atoms with E-state index in [1.807, 2.05) is 6.92 Å². The van der Waals surface area contributed by atoms with Crippen molar-refractivity contribution in [2.75, 3.05) is 23.7 Å². The predicted octanol–water partition coefficient (Wildman–Crippen LogP) is 3.42. The highest BCUT2D eigenvalue weighted by molar-refractivity contribution is 5.96. The Morgan fingerprint density at radius 3 is 2.38 bits per heavy atom. The van der Waals surface area contributed by atoms with Gasteiger partial charge >= 0.3 is 5.69 Å². The number of carbonyl (C=O) groups is 1. The smallest absolute Gasteiger partial charge is 0.330 e. The number of anilines is 2. The molecule has 0 aliphatic heterocycles. The van der Waals surface area contributed by atoms with Crippen molar-refractivity contribution in [2.24, 2.45) is 0 Å². The molecule has 186 valence electrons. The summed E-state index contributed by atoms with van der Waals surface area (Å²) in [5, 5.41) is 0. The Kier molecular flexibility index (Phi) is 9.10. The molecule has 1 saturated carbocycles. The molecule has 0 spiro atoms. The van der Waals surface area contributed by atoms with Crippen LogP contribution in [0.15, 0.2) is 33.9 Å². The van der Waals surface area contributed by atoms with Crippen molar-refractivity contribution in [2.45, 2.75) is 84.8 Å². The number of aryl methyl sites for hydroxylation is 1. The molecule has 1 fully saturated rings. The Morgan fingerprint density at radius 2 is 1.76 bits per heavy atom. The summed E-state index contributed by atoms with van der Waals surface area (Å²) in [6.45, 7) is 7.86. The van der Waals surface area contributed by atoms with Crippen LogP contribution < -0.4 is 21.9 Å². The van der Waals surface area contributed by atoms with Crippen molar-refractivity contribution in [1.82, 2.24) is 14.5 Å². The summed E-state index contributed by atoms with van der Waals surface area (Å²) in [5.74, 6) is -0.0865. The highest BCUT2D eigenvalue weighted by Crippen LogP contribution is 2.29. The molecule has 3 rings (SSSR count). The number of hydrogen-bond donors (Lipinski definition) is 2. The molecule has 0 atom stereocenters. The van der Waals surface area contributed by atoms with E-state index in [9.17, 15) is 14.4 Å². The number of carbonyl (C=O) groups excluding carboxylic acids is 1. The predicted molar refractivity (Wildman–Crippen MR) is 137 cm³/mol. The van der Waals surface area contributed by atoms with Crippen LogP contribution in [0.4, 0.5) is 11.5 Å². The number of benzene rings is 1. The average molecular weight is 470 g/mol. The maximum atomic E-state index is 13.6. The van der Waals surface area contributed by atoms with Crippen molar-refractivity contribution in [3.05, 3.63) is 56.2 Å². The molecule has 34 heavy (non-hydrogen) atoms. The van der Waals surface area contributed by atoms with Gasteiger partial charge in [0.1, 0.15) is 5.82 Å². The van der Waals surface area contributed by atoms with Gasteiger partial charge in [0, 0.05) is 25.7 Å². The molecule has 1 aromatic carbocycles. The van der Waals surface area contributed by atoms with Crippen molar-refractivity contribution in [1.29, 1.82) is 0 Å². The molecule has 1 aromatic heterocycles. The highest BCUT2D eigenvalue weighted by Gasteiger charge is 2.33. The van der Waals surface area contributed by atoms with E-state index in [2.05, 4.69) is 48.0 Å². The monoisotopic (exact) mass is 469 g/mol. The normalized spacial score (nSPS) is 13.4. The maximum absolute atomic E-state index is 13.6. The van der Waals surface area contributed by atoms with E-state index in [1.54, 1.807) is 0 Å². The SMILES string of the molecule is CCCCCN(C(=O)CN(Cc1ccc(C)cc1)C1CC1)c1c(N)n(CCCC)c(=O)[nH]c1=O. The lowest BCUT2D eigenvalue weighted by Crippen LogP contribution is -2.46. The van der Waals surface area contributed by atoms with E-state index in [4.69, 9.17) is 5.73 Å². The van der Waals surface area contributed by atoms with Crippen LogP contribution in [0.5, 0.6) is 0 Å². The molecule has 1 aliphatic carbocycles. The minimum absolute atomic E-state index is 0.0727. The summed E-state index contributed by atoms with van der Waals surface area (Å²) < 4.78 is 1.38. The Bertz CT molecular complexity index is 1070. The van der Waals surface area contributed by atoms with E-state index in [-0.39, 0.29) is 24.0 Å². The van der Waals surface area contributed by atoms with Crippen molar-refractivity contribution >= 4 is 17.4 Å². The fourth-order valence-corrected chi connectivity index (χ4v) is 4.20. The summed E-state index contributed by atoms with van der Waals surface area (Å²) in [4.78, 5) is 45.0. The zero-order valence-electron chi connectivity index (χ0n) is 20.8. The Labute approximate surface area is 201 Å². The van der Waals surface area contributed by atoms with Crippen LogP contribution >= 0.6 is 0 Å². The molecule has 0 saturated heterocycles. The van der Waals surface area contributed by atoms with Crippen LogP contribution in [-0.2, 0) is 17.9 Å². The first-order valence-corrected chi connectivity index (χ1v) is 12.6. The number of aromatic nitrogens is 2. The first kappa shape index (κ1) is 25.7. The second-order valence-electron chi connectivity index (χ2n) is 9.37. The Hall–Kier alpha value is -2.87. The highest BCUT2D eigenvalue weighted by atomic mass is 16.2. The Morgan fingerprint density at radius 1 is 1.09 bits per heavy atom.